The number of aromatic nitrogens is 2. The molecule has 0 N–H and O–H groups in total. The van der Waals surface area contributed by atoms with Crippen molar-refractivity contribution in [3.05, 3.63) is 87.9 Å². The minimum atomic E-state index is -0.376. The van der Waals surface area contributed by atoms with Crippen LogP contribution in [0.5, 0.6) is 5.75 Å². The van der Waals surface area contributed by atoms with E-state index in [1.807, 2.05) is 28.8 Å². The van der Waals surface area contributed by atoms with Crippen molar-refractivity contribution in [1.29, 1.82) is 0 Å². The molecule has 0 bridgehead atoms. The molecule has 3 aromatic carbocycles. The Morgan fingerprint density at radius 2 is 1.94 bits per heavy atom. The van der Waals surface area contributed by atoms with E-state index in [0.717, 1.165) is 11.0 Å². The Morgan fingerprint density at radius 1 is 1.12 bits per heavy atom. The molecule has 1 aliphatic rings. The lowest BCUT2D eigenvalue weighted by Gasteiger charge is -2.20. The summed E-state index contributed by atoms with van der Waals surface area (Å²) < 4.78 is 22.0. The predicted molar refractivity (Wildman–Crippen MR) is 128 cm³/mol. The normalized spacial score (nSPS) is 16.1. The van der Waals surface area contributed by atoms with Crippen LogP contribution < -0.4 is 9.64 Å². The summed E-state index contributed by atoms with van der Waals surface area (Å²) in [6.45, 7) is 0.621. The van der Waals surface area contributed by atoms with Crippen molar-refractivity contribution in [1.82, 2.24) is 9.55 Å². The summed E-state index contributed by atoms with van der Waals surface area (Å²) >= 11 is 12.5. The van der Waals surface area contributed by atoms with Gasteiger partial charge < -0.3 is 14.2 Å². The molecular formula is C25H20Cl2FN3O2. The summed E-state index contributed by atoms with van der Waals surface area (Å²) in [7, 11) is 1.56. The number of carbonyl (C=O) groups is 1. The molecule has 5 rings (SSSR count). The van der Waals surface area contributed by atoms with Gasteiger partial charge in [-0.05, 0) is 42.5 Å². The van der Waals surface area contributed by atoms with Crippen LogP contribution in [0, 0.1) is 5.82 Å². The largest absolute Gasteiger partial charge is 0.495 e. The van der Waals surface area contributed by atoms with Crippen molar-refractivity contribution in [3.63, 3.8) is 0 Å². The molecule has 4 aromatic rings. The summed E-state index contributed by atoms with van der Waals surface area (Å²) in [6.07, 6.45) is 0.268. The first kappa shape index (κ1) is 21.7. The van der Waals surface area contributed by atoms with E-state index in [1.54, 1.807) is 42.3 Å². The highest BCUT2D eigenvalue weighted by Crippen LogP contribution is 2.39. The molecule has 0 radical (unpaired) electrons. The SMILES string of the molecule is COc1ccc(Cl)cc1N1C[C@H](c2nc3ccccc3n2Cc2c(F)cccc2Cl)CC1=O. The Hall–Kier alpha value is -3.09. The maximum atomic E-state index is 14.6. The average Bonchev–Trinajstić information content (AvgIpc) is 3.36. The van der Waals surface area contributed by atoms with Gasteiger partial charge >= 0.3 is 0 Å². The molecule has 0 aliphatic carbocycles. The molecule has 1 saturated heterocycles. The molecule has 1 amide bonds. The van der Waals surface area contributed by atoms with Crippen molar-refractivity contribution < 1.29 is 13.9 Å². The van der Waals surface area contributed by atoms with Crippen molar-refractivity contribution >= 4 is 45.8 Å². The number of benzene rings is 3. The molecule has 33 heavy (non-hydrogen) atoms. The average molecular weight is 484 g/mol. The zero-order valence-electron chi connectivity index (χ0n) is 17.8. The lowest BCUT2D eigenvalue weighted by Crippen LogP contribution is -2.25. The van der Waals surface area contributed by atoms with Crippen molar-refractivity contribution in [3.8, 4) is 5.75 Å². The van der Waals surface area contributed by atoms with Gasteiger partial charge in [0, 0.05) is 34.5 Å². The molecule has 0 unspecified atom stereocenters. The molecule has 0 spiro atoms. The van der Waals surface area contributed by atoms with Crippen LogP contribution in [0.2, 0.25) is 10.0 Å². The Bertz CT molecular complexity index is 1350. The van der Waals surface area contributed by atoms with E-state index in [1.165, 1.54) is 6.07 Å². The van der Waals surface area contributed by atoms with Crippen LogP contribution in [0.4, 0.5) is 10.1 Å². The maximum Gasteiger partial charge on any atom is 0.227 e. The minimum absolute atomic E-state index is 0.0527. The number of hydrogen-bond acceptors (Lipinski definition) is 3. The second kappa shape index (κ2) is 8.69. The Labute approximate surface area is 200 Å². The topological polar surface area (TPSA) is 47.4 Å². The third kappa shape index (κ3) is 3.94. The van der Waals surface area contributed by atoms with Crippen molar-refractivity contribution in [2.45, 2.75) is 18.9 Å². The lowest BCUT2D eigenvalue weighted by atomic mass is 10.1. The van der Waals surface area contributed by atoms with Gasteiger partial charge in [-0.1, -0.05) is 41.4 Å². The standard InChI is InChI=1S/C25H20Cl2FN3O2/c1-33-23-10-9-16(26)12-22(23)30-13-15(11-24(30)32)25-29-20-7-2-3-8-21(20)31(25)14-17-18(27)5-4-6-19(17)28/h2-10,12,15H,11,13-14H2,1H3/t15-/m1/s1. The van der Waals surface area contributed by atoms with Crippen molar-refractivity contribution in [2.24, 2.45) is 0 Å². The van der Waals surface area contributed by atoms with Crippen LogP contribution in [0.3, 0.4) is 0 Å². The number of carbonyl (C=O) groups excluding carboxylic acids is 1. The number of hydrogen-bond donors (Lipinski definition) is 0. The van der Waals surface area contributed by atoms with Gasteiger partial charge in [-0.3, -0.25) is 4.79 Å². The molecule has 1 fully saturated rings. The summed E-state index contributed by atoms with van der Waals surface area (Å²) in [4.78, 5) is 19.5. The van der Waals surface area contributed by atoms with E-state index in [-0.39, 0.29) is 30.6 Å². The van der Waals surface area contributed by atoms with E-state index in [4.69, 9.17) is 32.9 Å². The number of anilines is 1. The summed E-state index contributed by atoms with van der Waals surface area (Å²) in [5, 5.41) is 0.870. The fourth-order valence-electron chi connectivity index (χ4n) is 4.40. The fraction of sp³-hybridized carbons (Fsp3) is 0.200. The number of rotatable bonds is 5. The maximum absolute atomic E-state index is 14.6. The van der Waals surface area contributed by atoms with Gasteiger partial charge in [-0.15, -0.1) is 0 Å². The number of methoxy groups -OCH3 is 1. The number of ether oxygens (including phenoxy) is 1. The van der Waals surface area contributed by atoms with Gasteiger partial charge in [0.25, 0.3) is 0 Å². The lowest BCUT2D eigenvalue weighted by molar-refractivity contribution is -0.117. The van der Waals surface area contributed by atoms with E-state index in [9.17, 15) is 9.18 Å². The van der Waals surface area contributed by atoms with Crippen LogP contribution in [0.25, 0.3) is 11.0 Å². The van der Waals surface area contributed by atoms with E-state index in [2.05, 4.69) is 0 Å². The van der Waals surface area contributed by atoms with E-state index >= 15 is 0 Å². The van der Waals surface area contributed by atoms with Gasteiger partial charge in [-0.2, -0.15) is 0 Å². The van der Waals surface area contributed by atoms with Crippen LogP contribution in [0.1, 0.15) is 23.7 Å². The second-order valence-electron chi connectivity index (χ2n) is 7.97. The fourth-order valence-corrected chi connectivity index (χ4v) is 4.79. The number of nitrogens with zero attached hydrogens (tertiary/aromatic N) is 3. The third-order valence-corrected chi connectivity index (χ3v) is 6.57. The first-order valence-corrected chi connectivity index (χ1v) is 11.2. The molecule has 2 heterocycles. The molecule has 0 saturated carbocycles. The smallest absolute Gasteiger partial charge is 0.227 e. The Kier molecular flexibility index (Phi) is 5.72. The zero-order valence-corrected chi connectivity index (χ0v) is 19.3. The monoisotopic (exact) mass is 483 g/mol. The molecule has 1 aliphatic heterocycles. The third-order valence-electron chi connectivity index (χ3n) is 5.98. The summed E-state index contributed by atoms with van der Waals surface area (Å²) in [6, 6.07) is 17.5. The van der Waals surface area contributed by atoms with Crippen LogP contribution >= 0.6 is 23.2 Å². The van der Waals surface area contributed by atoms with Gasteiger partial charge in [0.15, 0.2) is 0 Å². The van der Waals surface area contributed by atoms with Crippen LogP contribution in [-0.4, -0.2) is 29.1 Å². The summed E-state index contributed by atoms with van der Waals surface area (Å²) in [5.74, 6) is 0.661. The highest BCUT2D eigenvalue weighted by molar-refractivity contribution is 6.31. The highest BCUT2D eigenvalue weighted by Gasteiger charge is 2.36. The first-order valence-electron chi connectivity index (χ1n) is 10.5. The summed E-state index contributed by atoms with van der Waals surface area (Å²) in [5.41, 5.74) is 2.66. The van der Waals surface area contributed by atoms with Gasteiger partial charge in [-0.25, -0.2) is 9.37 Å². The second-order valence-corrected chi connectivity index (χ2v) is 8.81. The van der Waals surface area contributed by atoms with Crippen molar-refractivity contribution in [2.75, 3.05) is 18.6 Å². The van der Waals surface area contributed by atoms with Crippen LogP contribution in [-0.2, 0) is 11.3 Å². The van der Waals surface area contributed by atoms with Gasteiger partial charge in [0.2, 0.25) is 5.91 Å². The number of halogens is 3. The zero-order chi connectivity index (χ0) is 23.1. The quantitative estimate of drug-likeness (QED) is 0.346. The number of imidazole rings is 1. The molecule has 5 nitrogen and oxygen atoms in total. The number of fused-ring (bicyclic) bond motifs is 1. The highest BCUT2D eigenvalue weighted by atomic mass is 35.5. The first-order chi connectivity index (χ1) is 16.0. The van der Waals surface area contributed by atoms with Gasteiger partial charge in [0.1, 0.15) is 17.4 Å². The predicted octanol–water partition coefficient (Wildman–Crippen LogP) is 6.06. The van der Waals surface area contributed by atoms with Crippen LogP contribution in [0.15, 0.2) is 60.7 Å². The molecule has 8 heteroatoms. The van der Waals surface area contributed by atoms with E-state index < -0.39 is 0 Å². The number of amides is 1. The minimum Gasteiger partial charge on any atom is -0.495 e. The molecule has 1 atom stereocenters. The van der Waals surface area contributed by atoms with E-state index in [0.29, 0.717) is 39.4 Å². The van der Waals surface area contributed by atoms with Gasteiger partial charge in [0.05, 0.1) is 30.4 Å². The number of para-hydroxylation sites is 2. The Morgan fingerprint density at radius 3 is 2.73 bits per heavy atom. The molecule has 1 aromatic heterocycles. The Balaban J connectivity index is 1.57. The molecule has 168 valence electrons. The molecular weight excluding hydrogens is 464 g/mol.